The van der Waals surface area contributed by atoms with Crippen LogP contribution in [-0.2, 0) is 21.5 Å². The fourth-order valence-electron chi connectivity index (χ4n) is 4.50. The van der Waals surface area contributed by atoms with Crippen LogP contribution in [0.1, 0.15) is 57.6 Å². The van der Waals surface area contributed by atoms with E-state index in [-0.39, 0.29) is 22.7 Å². The quantitative estimate of drug-likeness (QED) is 0.619. The lowest BCUT2D eigenvalue weighted by Gasteiger charge is -2.47. The van der Waals surface area contributed by atoms with E-state index >= 15 is 0 Å². The number of benzene rings is 2. The fraction of sp³-hybridized carbons (Fsp3) is 0.480. The Labute approximate surface area is 173 Å². The molecule has 1 aliphatic heterocycles. The van der Waals surface area contributed by atoms with Crippen molar-refractivity contribution in [1.29, 1.82) is 0 Å². The van der Waals surface area contributed by atoms with Gasteiger partial charge in [0, 0.05) is 37.6 Å². The molecule has 2 aromatic rings. The van der Waals surface area contributed by atoms with E-state index in [1.54, 1.807) is 24.0 Å². The van der Waals surface area contributed by atoms with Crippen LogP contribution in [0, 0.1) is 5.82 Å². The molecule has 1 saturated heterocycles. The van der Waals surface area contributed by atoms with Crippen LogP contribution >= 0.6 is 0 Å². The third-order valence-corrected chi connectivity index (χ3v) is 6.50. The van der Waals surface area contributed by atoms with Crippen molar-refractivity contribution in [3.63, 3.8) is 0 Å². The molecule has 4 heteroatoms. The first kappa shape index (κ1) is 21.5. The lowest BCUT2D eigenvalue weighted by molar-refractivity contribution is -0.130. The van der Waals surface area contributed by atoms with E-state index in [0.717, 1.165) is 25.7 Å². The summed E-state index contributed by atoms with van der Waals surface area (Å²) < 4.78 is 20.3. The molecule has 0 radical (unpaired) electrons. The summed E-state index contributed by atoms with van der Waals surface area (Å²) in [5.74, 6) is -0.289. The van der Waals surface area contributed by atoms with Crippen LogP contribution in [0.4, 0.5) is 4.39 Å². The monoisotopic (exact) mass is 397 g/mol. The Bertz CT molecular complexity index is 825. The smallest absolute Gasteiger partial charge is 0.219 e. The van der Waals surface area contributed by atoms with Crippen LogP contribution in [-0.4, -0.2) is 29.6 Å². The van der Waals surface area contributed by atoms with E-state index < -0.39 is 0 Å². The first-order chi connectivity index (χ1) is 13.9. The molecule has 3 rings (SSSR count). The molecule has 2 atom stereocenters. The summed E-state index contributed by atoms with van der Waals surface area (Å²) in [6.45, 7) is 7.53. The highest BCUT2D eigenvalue weighted by Crippen LogP contribution is 2.45. The molecule has 0 unspecified atom stereocenters. The van der Waals surface area contributed by atoms with Gasteiger partial charge in [-0.1, -0.05) is 55.5 Å². The average molecular weight is 398 g/mol. The summed E-state index contributed by atoms with van der Waals surface area (Å²) in [6.07, 6.45) is 3.64. The fourth-order valence-corrected chi connectivity index (χ4v) is 4.50. The normalized spacial score (nSPS) is 24.3. The summed E-state index contributed by atoms with van der Waals surface area (Å²) in [6, 6.07) is 17.3. The van der Waals surface area contributed by atoms with Crippen molar-refractivity contribution in [3.8, 4) is 0 Å². The number of amides is 1. The number of hydrogen-bond donors (Lipinski definition) is 0. The third-order valence-electron chi connectivity index (χ3n) is 6.50. The van der Waals surface area contributed by atoms with Crippen molar-refractivity contribution < 1.29 is 13.9 Å². The van der Waals surface area contributed by atoms with Gasteiger partial charge in [0.05, 0.1) is 5.60 Å². The second-order valence-electron chi connectivity index (χ2n) is 8.51. The van der Waals surface area contributed by atoms with Gasteiger partial charge in [-0.05, 0) is 44.2 Å². The zero-order valence-corrected chi connectivity index (χ0v) is 17.8. The van der Waals surface area contributed by atoms with Gasteiger partial charge in [-0.25, -0.2) is 4.39 Å². The van der Waals surface area contributed by atoms with Crippen LogP contribution in [0.25, 0.3) is 0 Å². The Morgan fingerprint density at radius 3 is 2.48 bits per heavy atom. The molecule has 0 bridgehead atoms. The number of rotatable bonds is 7. The summed E-state index contributed by atoms with van der Waals surface area (Å²) in [7, 11) is 0. The van der Waals surface area contributed by atoms with Gasteiger partial charge in [0.15, 0.2) is 0 Å². The van der Waals surface area contributed by atoms with Gasteiger partial charge in [0.25, 0.3) is 0 Å². The van der Waals surface area contributed by atoms with Crippen molar-refractivity contribution in [2.24, 2.45) is 0 Å². The summed E-state index contributed by atoms with van der Waals surface area (Å²) in [5, 5.41) is 0. The maximum Gasteiger partial charge on any atom is 0.219 e. The van der Waals surface area contributed by atoms with Crippen molar-refractivity contribution in [1.82, 2.24) is 4.90 Å². The van der Waals surface area contributed by atoms with E-state index in [0.29, 0.717) is 25.3 Å². The van der Waals surface area contributed by atoms with Gasteiger partial charge in [0.1, 0.15) is 5.82 Å². The van der Waals surface area contributed by atoms with Crippen molar-refractivity contribution >= 4 is 5.91 Å². The average Bonchev–Trinajstić information content (AvgIpc) is 2.73. The zero-order valence-electron chi connectivity index (χ0n) is 17.8. The molecule has 3 nitrogen and oxygen atoms in total. The second kappa shape index (κ2) is 9.08. The molecule has 0 N–H and O–H groups in total. The van der Waals surface area contributed by atoms with Gasteiger partial charge in [-0.2, -0.15) is 0 Å². The molecule has 156 valence electrons. The van der Waals surface area contributed by atoms with E-state index in [9.17, 15) is 9.18 Å². The maximum atomic E-state index is 14.1. The molecule has 1 amide bonds. The summed E-state index contributed by atoms with van der Waals surface area (Å²) in [5.41, 5.74) is 1.65. The lowest BCUT2D eigenvalue weighted by Crippen LogP contribution is -2.47. The molecule has 1 aliphatic rings. The third kappa shape index (κ3) is 5.05. The number of carbonyl (C=O) groups excluding carboxylic acids is 1. The van der Waals surface area contributed by atoms with Gasteiger partial charge >= 0.3 is 0 Å². The van der Waals surface area contributed by atoms with Crippen molar-refractivity contribution in [3.05, 3.63) is 71.5 Å². The molecule has 2 aromatic carbocycles. The Balaban J connectivity index is 1.83. The Morgan fingerprint density at radius 2 is 1.83 bits per heavy atom. The van der Waals surface area contributed by atoms with E-state index in [1.807, 2.05) is 12.1 Å². The second-order valence-corrected chi connectivity index (χ2v) is 8.51. The zero-order chi connectivity index (χ0) is 20.9. The van der Waals surface area contributed by atoms with E-state index in [2.05, 4.69) is 38.1 Å². The number of hydrogen-bond acceptors (Lipinski definition) is 2. The highest BCUT2D eigenvalue weighted by Gasteiger charge is 2.43. The first-order valence-corrected chi connectivity index (χ1v) is 10.6. The largest absolute Gasteiger partial charge is 0.375 e. The predicted molar refractivity (Wildman–Crippen MR) is 114 cm³/mol. The van der Waals surface area contributed by atoms with E-state index in [1.165, 1.54) is 11.6 Å². The number of halogens is 1. The Kier molecular flexibility index (Phi) is 6.74. The maximum absolute atomic E-state index is 14.1. The Hall–Kier alpha value is -2.20. The minimum absolute atomic E-state index is 0.0261. The molecule has 0 aliphatic carbocycles. The molecule has 0 spiro atoms. The molecule has 0 saturated carbocycles. The molecule has 1 heterocycles. The molecular formula is C25H32FNO2. The SMILES string of the molecule is CC[C@@]1(C)C[C@@](CCN(Cc2ccccc2F)C(C)=O)(c2ccccc2)CCO1. The van der Waals surface area contributed by atoms with Gasteiger partial charge < -0.3 is 9.64 Å². The van der Waals surface area contributed by atoms with Crippen molar-refractivity contribution in [2.75, 3.05) is 13.2 Å². The predicted octanol–water partition coefficient (Wildman–Crippen LogP) is 5.48. The number of ether oxygens (including phenoxy) is 1. The van der Waals surface area contributed by atoms with Gasteiger partial charge in [0.2, 0.25) is 5.91 Å². The minimum Gasteiger partial charge on any atom is -0.375 e. The van der Waals surface area contributed by atoms with Gasteiger partial charge in [-0.15, -0.1) is 0 Å². The van der Waals surface area contributed by atoms with Gasteiger partial charge in [-0.3, -0.25) is 4.79 Å². The molecule has 29 heavy (non-hydrogen) atoms. The number of carbonyl (C=O) groups is 1. The Morgan fingerprint density at radius 1 is 1.14 bits per heavy atom. The number of nitrogens with zero attached hydrogens (tertiary/aromatic N) is 1. The minimum atomic E-state index is -0.263. The van der Waals surface area contributed by atoms with Crippen LogP contribution in [0.15, 0.2) is 54.6 Å². The highest BCUT2D eigenvalue weighted by molar-refractivity contribution is 5.73. The lowest BCUT2D eigenvalue weighted by atomic mass is 9.66. The summed E-state index contributed by atoms with van der Waals surface area (Å²) in [4.78, 5) is 14.1. The van der Waals surface area contributed by atoms with Crippen LogP contribution in [0.5, 0.6) is 0 Å². The molecule has 0 aromatic heterocycles. The topological polar surface area (TPSA) is 29.5 Å². The van der Waals surface area contributed by atoms with E-state index in [4.69, 9.17) is 4.74 Å². The van der Waals surface area contributed by atoms with Crippen molar-refractivity contribution in [2.45, 2.75) is 64.0 Å². The summed E-state index contributed by atoms with van der Waals surface area (Å²) >= 11 is 0. The highest BCUT2D eigenvalue weighted by atomic mass is 19.1. The van der Waals surface area contributed by atoms with Crippen LogP contribution in [0.3, 0.4) is 0 Å². The standard InChI is InChI=1S/C25H32FNO2/c1-4-24(3)19-25(15-17-29-24,22-11-6-5-7-12-22)14-16-27(20(2)28)18-21-10-8-9-13-23(21)26/h5-13H,4,14-19H2,1-3H3/t24-,25-/m0/s1. The van der Waals surface area contributed by atoms with Crippen LogP contribution < -0.4 is 0 Å². The first-order valence-electron chi connectivity index (χ1n) is 10.6. The van der Waals surface area contributed by atoms with Crippen LogP contribution in [0.2, 0.25) is 0 Å². The molecular weight excluding hydrogens is 365 g/mol. The molecule has 1 fully saturated rings.